The van der Waals surface area contributed by atoms with Gasteiger partial charge < -0.3 is 0 Å². The second kappa shape index (κ2) is 30.4. The molecule has 0 bridgehead atoms. The number of rotatable bonds is 13. The maximum atomic E-state index is 3.55. The van der Waals surface area contributed by atoms with Crippen molar-refractivity contribution < 1.29 is 0 Å². The molecule has 0 aliphatic rings. The molecule has 0 rings (SSSR count). The van der Waals surface area contributed by atoms with Crippen molar-refractivity contribution in [1.29, 1.82) is 0 Å². The van der Waals surface area contributed by atoms with Crippen LogP contribution in [0.25, 0.3) is 0 Å². The highest BCUT2D eigenvalue weighted by Gasteiger charge is 2.05. The van der Waals surface area contributed by atoms with Gasteiger partial charge in [-0.05, 0) is 26.2 Å². The Balaban J connectivity index is -0.000000402. The van der Waals surface area contributed by atoms with Crippen LogP contribution in [-0.2, 0) is 0 Å². The first kappa shape index (κ1) is 28.3. The van der Waals surface area contributed by atoms with Crippen LogP contribution in [-0.4, -0.2) is 0 Å². The number of hydrogen-bond donors (Lipinski definition) is 0. The van der Waals surface area contributed by atoms with Gasteiger partial charge in [0.15, 0.2) is 0 Å². The molecule has 0 aromatic carbocycles. The van der Waals surface area contributed by atoms with E-state index in [2.05, 4.69) is 34.3 Å². The third-order valence-corrected chi connectivity index (χ3v) is 4.34. The molecule has 0 heteroatoms. The lowest BCUT2D eigenvalue weighted by Gasteiger charge is -2.14. The molecule has 0 amide bonds. The van der Waals surface area contributed by atoms with E-state index in [1.165, 1.54) is 77.0 Å². The van der Waals surface area contributed by atoms with Crippen molar-refractivity contribution in [2.45, 2.75) is 125 Å². The zero-order chi connectivity index (χ0) is 18.9. The fourth-order valence-corrected chi connectivity index (χ4v) is 2.48. The van der Waals surface area contributed by atoms with Gasteiger partial charge in [0.25, 0.3) is 0 Å². The summed E-state index contributed by atoms with van der Waals surface area (Å²) in [5.41, 5.74) is 0. The van der Waals surface area contributed by atoms with Crippen molar-refractivity contribution in [3.63, 3.8) is 0 Å². The van der Waals surface area contributed by atoms with Crippen LogP contribution >= 0.6 is 0 Å². The Kier molecular flexibility index (Phi) is 35.8. The van der Waals surface area contributed by atoms with Crippen LogP contribution in [0.15, 0.2) is 24.8 Å². The smallest absolute Gasteiger partial charge is 0.0356 e. The highest BCUT2D eigenvalue weighted by molar-refractivity contribution is 4.68. The molecular weight excluding hydrogens is 288 g/mol. The summed E-state index contributed by atoms with van der Waals surface area (Å²) >= 11 is 0. The molecule has 0 radical (unpaired) electrons. The molecule has 1 atom stereocenters. The average Bonchev–Trinajstić information content (AvgIpc) is 2.61. The van der Waals surface area contributed by atoms with Gasteiger partial charge in [-0.3, -0.25) is 0 Å². The topological polar surface area (TPSA) is 0 Å². The van der Waals surface area contributed by atoms with Crippen molar-refractivity contribution in [2.75, 3.05) is 0 Å². The lowest BCUT2D eigenvalue weighted by atomic mass is 9.92. The largest absolute Gasteiger partial charge is 0.103 e. The standard InChI is InChI=1S/C15H32.C5H10.C4H8/c1-4-7-9-10-12-14-15(6-3)13-11-8-5-2;1-3-5-4-2;1-3-4-2/h15H,4-14H2,1-3H3;3H,1,4-5H2,2H3;3-4H,1-2H3/b;;4-3-. The van der Waals surface area contributed by atoms with Crippen molar-refractivity contribution in [3.8, 4) is 0 Å². The Morgan fingerprint density at radius 1 is 0.667 bits per heavy atom. The maximum absolute atomic E-state index is 3.55. The van der Waals surface area contributed by atoms with Crippen LogP contribution < -0.4 is 0 Å². The van der Waals surface area contributed by atoms with Gasteiger partial charge in [-0.2, -0.15) is 0 Å². The Hall–Kier alpha value is -0.520. The highest BCUT2D eigenvalue weighted by Crippen LogP contribution is 2.20. The maximum Gasteiger partial charge on any atom is -0.0356 e. The van der Waals surface area contributed by atoms with Gasteiger partial charge in [0.1, 0.15) is 0 Å². The number of hydrogen-bond acceptors (Lipinski definition) is 0. The molecule has 0 heterocycles. The summed E-state index contributed by atoms with van der Waals surface area (Å²) in [5, 5.41) is 0. The first-order chi connectivity index (χ1) is 11.7. The SMILES string of the molecule is C/C=C\C.C=CCCC.CCCCCCCC(CC)CCCCC. The van der Waals surface area contributed by atoms with Crippen molar-refractivity contribution in [3.05, 3.63) is 24.8 Å². The van der Waals surface area contributed by atoms with Crippen molar-refractivity contribution in [1.82, 2.24) is 0 Å². The molecule has 0 fully saturated rings. The summed E-state index contributed by atoms with van der Waals surface area (Å²) < 4.78 is 0. The third kappa shape index (κ3) is 33.2. The van der Waals surface area contributed by atoms with E-state index < -0.39 is 0 Å². The quantitative estimate of drug-likeness (QED) is 0.231. The van der Waals surface area contributed by atoms with E-state index in [9.17, 15) is 0 Å². The molecule has 0 aliphatic heterocycles. The number of allylic oxidation sites excluding steroid dienone is 3. The molecule has 0 aliphatic carbocycles. The minimum atomic E-state index is 1.03. The van der Waals surface area contributed by atoms with Gasteiger partial charge in [0.05, 0.1) is 0 Å². The Labute approximate surface area is 156 Å². The lowest BCUT2D eigenvalue weighted by molar-refractivity contribution is 0.396. The zero-order valence-electron chi connectivity index (χ0n) is 18.2. The first-order valence-corrected chi connectivity index (χ1v) is 10.9. The summed E-state index contributed by atoms with van der Waals surface area (Å²) in [4.78, 5) is 0. The summed E-state index contributed by atoms with van der Waals surface area (Å²) in [6, 6.07) is 0. The van der Waals surface area contributed by atoms with Crippen molar-refractivity contribution >= 4 is 0 Å². The van der Waals surface area contributed by atoms with Crippen molar-refractivity contribution in [2.24, 2.45) is 5.92 Å². The summed E-state index contributed by atoms with van der Waals surface area (Å²) in [7, 11) is 0. The molecule has 1 unspecified atom stereocenters. The molecule has 146 valence electrons. The fourth-order valence-electron chi connectivity index (χ4n) is 2.48. The molecule has 24 heavy (non-hydrogen) atoms. The van der Waals surface area contributed by atoms with E-state index in [1.807, 2.05) is 32.1 Å². The van der Waals surface area contributed by atoms with E-state index in [-0.39, 0.29) is 0 Å². The predicted octanol–water partition coefficient (Wildman–Crippen LogP) is 9.51. The van der Waals surface area contributed by atoms with E-state index >= 15 is 0 Å². The Morgan fingerprint density at radius 3 is 1.46 bits per heavy atom. The van der Waals surface area contributed by atoms with Crippen LogP contribution in [0, 0.1) is 5.92 Å². The van der Waals surface area contributed by atoms with Gasteiger partial charge in [0, 0.05) is 0 Å². The Morgan fingerprint density at radius 2 is 1.12 bits per heavy atom. The van der Waals surface area contributed by atoms with Gasteiger partial charge in [-0.25, -0.2) is 0 Å². The number of unbranched alkanes of at least 4 members (excludes halogenated alkanes) is 7. The molecule has 0 saturated heterocycles. The normalized spacial score (nSPS) is 11.2. The van der Waals surface area contributed by atoms with Gasteiger partial charge in [-0.15, -0.1) is 6.58 Å². The second-order valence-electron chi connectivity index (χ2n) is 6.72. The summed E-state index contributed by atoms with van der Waals surface area (Å²) in [6.07, 6.45) is 24.2. The van der Waals surface area contributed by atoms with E-state index in [0.717, 1.165) is 12.3 Å². The molecule has 0 spiro atoms. The zero-order valence-corrected chi connectivity index (χ0v) is 18.2. The monoisotopic (exact) mass is 338 g/mol. The minimum absolute atomic E-state index is 1.03. The van der Waals surface area contributed by atoms with E-state index in [4.69, 9.17) is 0 Å². The minimum Gasteiger partial charge on any atom is -0.103 e. The average molecular weight is 339 g/mol. The van der Waals surface area contributed by atoms with Crippen LogP contribution in [0.3, 0.4) is 0 Å². The second-order valence-corrected chi connectivity index (χ2v) is 6.72. The molecule has 0 aromatic heterocycles. The molecule has 0 aromatic rings. The van der Waals surface area contributed by atoms with Gasteiger partial charge in [0.2, 0.25) is 0 Å². The van der Waals surface area contributed by atoms with Gasteiger partial charge >= 0.3 is 0 Å². The molecular formula is C24H50. The molecule has 0 nitrogen and oxygen atoms in total. The fraction of sp³-hybridized carbons (Fsp3) is 0.833. The lowest BCUT2D eigenvalue weighted by Crippen LogP contribution is -1.99. The van der Waals surface area contributed by atoms with E-state index in [0.29, 0.717) is 0 Å². The Bertz CT molecular complexity index is 210. The third-order valence-electron chi connectivity index (χ3n) is 4.34. The van der Waals surface area contributed by atoms with Crippen LogP contribution in [0.5, 0.6) is 0 Å². The summed E-state index contributed by atoms with van der Waals surface area (Å²) in [5.74, 6) is 1.03. The highest BCUT2D eigenvalue weighted by atomic mass is 14.1. The molecule has 0 N–H and O–H groups in total. The van der Waals surface area contributed by atoms with Crippen LogP contribution in [0.2, 0.25) is 0 Å². The van der Waals surface area contributed by atoms with E-state index in [1.54, 1.807) is 0 Å². The molecule has 0 saturated carbocycles. The predicted molar refractivity (Wildman–Crippen MR) is 117 cm³/mol. The van der Waals surface area contributed by atoms with Crippen LogP contribution in [0.4, 0.5) is 0 Å². The van der Waals surface area contributed by atoms with Gasteiger partial charge in [-0.1, -0.05) is 123 Å². The first-order valence-electron chi connectivity index (χ1n) is 10.9. The summed E-state index contributed by atoms with van der Waals surface area (Å²) in [6.45, 7) is 16.6. The van der Waals surface area contributed by atoms with Crippen LogP contribution in [0.1, 0.15) is 125 Å².